The van der Waals surface area contributed by atoms with E-state index >= 15 is 0 Å². The van der Waals surface area contributed by atoms with Crippen molar-refractivity contribution in [3.05, 3.63) is 64.7 Å². The minimum atomic E-state index is -0.121. The van der Waals surface area contributed by atoms with E-state index < -0.39 is 0 Å². The maximum absolute atomic E-state index is 12.3. The lowest BCUT2D eigenvalue weighted by atomic mass is 10.0. The zero-order chi connectivity index (χ0) is 15.2. The monoisotopic (exact) mass is 302 g/mol. The lowest BCUT2D eigenvalue weighted by molar-refractivity contribution is 0.0952. The molecule has 2 N–H and O–H groups in total. The molecule has 0 heterocycles. The van der Waals surface area contributed by atoms with Crippen LogP contribution >= 0.6 is 11.6 Å². The van der Waals surface area contributed by atoms with Crippen LogP contribution < -0.4 is 10.6 Å². The number of carbonyl (C=O) groups excluding carboxylic acids is 1. The summed E-state index contributed by atoms with van der Waals surface area (Å²) in [5, 5.41) is 6.52. The van der Waals surface area contributed by atoms with Crippen LogP contribution in [0.3, 0.4) is 0 Å². The number of halogens is 1. The van der Waals surface area contributed by atoms with E-state index in [0.717, 1.165) is 5.69 Å². The van der Waals surface area contributed by atoms with Crippen LogP contribution in [0.1, 0.15) is 28.8 Å². The highest BCUT2D eigenvalue weighted by molar-refractivity contribution is 6.31. The van der Waals surface area contributed by atoms with Crippen molar-refractivity contribution in [2.45, 2.75) is 12.8 Å². The van der Waals surface area contributed by atoms with Crippen molar-refractivity contribution in [1.82, 2.24) is 5.32 Å². The number of amides is 1. The van der Waals surface area contributed by atoms with E-state index in [4.69, 9.17) is 11.6 Å². The molecule has 2 rings (SSSR count). The number of benzene rings is 2. The Kier molecular flexibility index (Phi) is 5.23. The predicted molar refractivity (Wildman–Crippen MR) is 88.2 cm³/mol. The molecule has 3 nitrogen and oxygen atoms in total. The third-order valence-corrected chi connectivity index (χ3v) is 3.67. The molecular formula is C17H19ClN2O. The molecule has 0 fully saturated rings. The molecule has 110 valence electrons. The lowest BCUT2D eigenvalue weighted by Crippen LogP contribution is -2.28. The molecule has 0 bridgehead atoms. The maximum Gasteiger partial charge on any atom is 0.253 e. The van der Waals surface area contributed by atoms with Gasteiger partial charge in [-0.1, -0.05) is 48.9 Å². The Hall–Kier alpha value is -2.00. The molecule has 0 aromatic heterocycles. The predicted octanol–water partition coefficient (Wildman–Crippen LogP) is 3.92. The summed E-state index contributed by atoms with van der Waals surface area (Å²) in [6.45, 7) is 2.67. The van der Waals surface area contributed by atoms with E-state index in [-0.39, 0.29) is 11.8 Å². The number of rotatable bonds is 5. The van der Waals surface area contributed by atoms with Crippen LogP contribution in [0.4, 0.5) is 5.69 Å². The second kappa shape index (κ2) is 7.14. The van der Waals surface area contributed by atoms with Crippen molar-refractivity contribution in [2.75, 3.05) is 18.9 Å². The van der Waals surface area contributed by atoms with E-state index in [2.05, 4.69) is 29.7 Å². The van der Waals surface area contributed by atoms with Crippen molar-refractivity contribution in [3.63, 3.8) is 0 Å². The smallest absolute Gasteiger partial charge is 0.253 e. The minimum Gasteiger partial charge on any atom is -0.387 e. The first-order chi connectivity index (χ1) is 10.1. The molecule has 1 atom stereocenters. The molecule has 0 saturated carbocycles. The number of anilines is 1. The van der Waals surface area contributed by atoms with Crippen molar-refractivity contribution in [2.24, 2.45) is 0 Å². The molecule has 2 aromatic rings. The van der Waals surface area contributed by atoms with Crippen molar-refractivity contribution < 1.29 is 4.79 Å². The Morgan fingerprint density at radius 1 is 1.19 bits per heavy atom. The van der Waals surface area contributed by atoms with Gasteiger partial charge in [-0.05, 0) is 29.7 Å². The maximum atomic E-state index is 12.3. The first kappa shape index (κ1) is 15.4. The third-order valence-electron chi connectivity index (χ3n) is 3.43. The summed E-state index contributed by atoms with van der Waals surface area (Å²) in [6.07, 6.45) is 0. The molecular weight excluding hydrogens is 284 g/mol. The number of nitrogens with one attached hydrogen (secondary N) is 2. The second-order valence-electron chi connectivity index (χ2n) is 4.96. The number of hydrogen-bond donors (Lipinski definition) is 2. The summed E-state index contributed by atoms with van der Waals surface area (Å²) >= 11 is 5.97. The van der Waals surface area contributed by atoms with Gasteiger partial charge in [0.1, 0.15) is 0 Å². The Morgan fingerprint density at radius 2 is 1.90 bits per heavy atom. The fourth-order valence-electron chi connectivity index (χ4n) is 2.16. The van der Waals surface area contributed by atoms with E-state index in [9.17, 15) is 4.79 Å². The van der Waals surface area contributed by atoms with Crippen LogP contribution in [0.2, 0.25) is 5.02 Å². The van der Waals surface area contributed by atoms with Gasteiger partial charge < -0.3 is 10.6 Å². The molecule has 2 aromatic carbocycles. The van der Waals surface area contributed by atoms with Crippen LogP contribution in [-0.2, 0) is 0 Å². The Bertz CT molecular complexity index is 613. The first-order valence-corrected chi connectivity index (χ1v) is 7.30. The van der Waals surface area contributed by atoms with Gasteiger partial charge in [-0.25, -0.2) is 0 Å². The van der Waals surface area contributed by atoms with E-state index in [1.54, 1.807) is 25.2 Å². The van der Waals surface area contributed by atoms with Crippen molar-refractivity contribution in [1.29, 1.82) is 0 Å². The van der Waals surface area contributed by atoms with Crippen LogP contribution in [0.5, 0.6) is 0 Å². The van der Waals surface area contributed by atoms with Gasteiger partial charge in [0.05, 0.1) is 5.56 Å². The standard InChI is InChI=1S/C17H19ClN2O/c1-12(13-6-4-3-5-7-13)11-20-17(21)15-10-14(18)8-9-16(15)19-2/h3-10,12,19H,11H2,1-2H3,(H,20,21)/t12-/m0/s1. The lowest BCUT2D eigenvalue weighted by Gasteiger charge is -2.14. The van der Waals surface area contributed by atoms with Crippen LogP contribution in [0.25, 0.3) is 0 Å². The molecule has 0 unspecified atom stereocenters. The van der Waals surface area contributed by atoms with Crippen LogP contribution in [0, 0.1) is 0 Å². The molecule has 0 saturated heterocycles. The summed E-state index contributed by atoms with van der Waals surface area (Å²) in [4.78, 5) is 12.3. The second-order valence-corrected chi connectivity index (χ2v) is 5.40. The number of hydrogen-bond acceptors (Lipinski definition) is 2. The quantitative estimate of drug-likeness (QED) is 0.879. The van der Waals surface area contributed by atoms with Gasteiger partial charge in [-0.2, -0.15) is 0 Å². The van der Waals surface area contributed by atoms with Gasteiger partial charge in [-0.3, -0.25) is 4.79 Å². The van der Waals surface area contributed by atoms with Crippen LogP contribution in [-0.4, -0.2) is 19.5 Å². The van der Waals surface area contributed by atoms with E-state index in [1.807, 2.05) is 18.2 Å². The highest BCUT2D eigenvalue weighted by Gasteiger charge is 2.13. The largest absolute Gasteiger partial charge is 0.387 e. The summed E-state index contributed by atoms with van der Waals surface area (Å²) < 4.78 is 0. The Morgan fingerprint density at radius 3 is 2.57 bits per heavy atom. The highest BCUT2D eigenvalue weighted by Crippen LogP contribution is 2.20. The molecule has 0 aliphatic heterocycles. The SMILES string of the molecule is CNc1ccc(Cl)cc1C(=O)NC[C@H](C)c1ccccc1. The van der Waals surface area contributed by atoms with E-state index in [1.165, 1.54) is 5.56 Å². The fourth-order valence-corrected chi connectivity index (χ4v) is 2.33. The van der Waals surface area contributed by atoms with E-state index in [0.29, 0.717) is 17.1 Å². The van der Waals surface area contributed by atoms with Gasteiger partial charge in [0.15, 0.2) is 0 Å². The molecule has 0 radical (unpaired) electrons. The van der Waals surface area contributed by atoms with Crippen molar-refractivity contribution in [3.8, 4) is 0 Å². The zero-order valence-corrected chi connectivity index (χ0v) is 12.9. The molecule has 4 heteroatoms. The molecule has 1 amide bonds. The van der Waals surface area contributed by atoms with Gasteiger partial charge in [-0.15, -0.1) is 0 Å². The van der Waals surface area contributed by atoms with Crippen LogP contribution in [0.15, 0.2) is 48.5 Å². The normalized spacial score (nSPS) is 11.8. The minimum absolute atomic E-state index is 0.121. The summed E-state index contributed by atoms with van der Waals surface area (Å²) in [6, 6.07) is 15.4. The third kappa shape index (κ3) is 3.99. The molecule has 0 spiro atoms. The molecule has 21 heavy (non-hydrogen) atoms. The highest BCUT2D eigenvalue weighted by atomic mass is 35.5. The average molecular weight is 303 g/mol. The fraction of sp³-hybridized carbons (Fsp3) is 0.235. The zero-order valence-electron chi connectivity index (χ0n) is 12.2. The topological polar surface area (TPSA) is 41.1 Å². The molecule has 0 aliphatic carbocycles. The summed E-state index contributed by atoms with van der Waals surface area (Å²) in [5.74, 6) is 0.136. The van der Waals surface area contributed by atoms with Gasteiger partial charge in [0.25, 0.3) is 5.91 Å². The van der Waals surface area contributed by atoms with Gasteiger partial charge >= 0.3 is 0 Å². The molecule has 0 aliphatic rings. The first-order valence-electron chi connectivity index (χ1n) is 6.92. The number of carbonyl (C=O) groups is 1. The van der Waals surface area contributed by atoms with Gasteiger partial charge in [0, 0.05) is 24.3 Å². The Balaban J connectivity index is 2.04. The van der Waals surface area contributed by atoms with Crippen molar-refractivity contribution >= 4 is 23.2 Å². The average Bonchev–Trinajstić information content (AvgIpc) is 2.53. The summed E-state index contributed by atoms with van der Waals surface area (Å²) in [5.41, 5.74) is 2.53. The summed E-state index contributed by atoms with van der Waals surface area (Å²) in [7, 11) is 1.78. The Labute approximate surface area is 130 Å². The van der Waals surface area contributed by atoms with Gasteiger partial charge in [0.2, 0.25) is 0 Å².